The van der Waals surface area contributed by atoms with Crippen molar-refractivity contribution in [3.63, 3.8) is 0 Å². The molecular weight excluding hydrogens is 115 g/mol. The standard InChI is InChI=1S/5Na. The molecule has 0 saturated carbocycles. The average Bonchev–Trinajstić information content (AvgIpc) is 0. The molecular formula is Na5. The Morgan fingerprint density at radius 3 is 0.200 bits per heavy atom. The van der Waals surface area contributed by atoms with E-state index >= 15 is 0 Å². The fourth-order valence-corrected chi connectivity index (χ4v) is 0. The van der Waals surface area contributed by atoms with Crippen molar-refractivity contribution in [3.05, 3.63) is 0 Å². The van der Waals surface area contributed by atoms with Gasteiger partial charge in [-0.1, -0.05) is 0 Å². The van der Waals surface area contributed by atoms with Crippen LogP contribution in [0.15, 0.2) is 0 Å². The normalized spacial score (nSPS) is 0. The van der Waals surface area contributed by atoms with E-state index in [0.717, 1.165) is 0 Å². The Morgan fingerprint density at radius 1 is 0.200 bits per heavy atom. The van der Waals surface area contributed by atoms with Crippen LogP contribution in [-0.4, -0.2) is 148 Å². The quantitative estimate of drug-likeness (QED) is 0.323. The van der Waals surface area contributed by atoms with E-state index in [0.29, 0.717) is 0 Å². The van der Waals surface area contributed by atoms with Gasteiger partial charge in [0.1, 0.15) is 0 Å². The largest absolute Gasteiger partial charge is 0 e. The summed E-state index contributed by atoms with van der Waals surface area (Å²) in [5.74, 6) is 0. The molecule has 0 unspecified atom stereocenters. The minimum Gasteiger partial charge on any atom is 0 e. The van der Waals surface area contributed by atoms with Crippen molar-refractivity contribution in [3.8, 4) is 0 Å². The monoisotopic (exact) mass is 115 g/mol. The van der Waals surface area contributed by atoms with Crippen LogP contribution < -0.4 is 0 Å². The molecule has 0 bridgehead atoms. The molecule has 5 heteroatoms. The molecule has 0 rings (SSSR count). The maximum absolute atomic E-state index is 0. The van der Waals surface area contributed by atoms with Crippen molar-refractivity contribution in [1.29, 1.82) is 0 Å². The van der Waals surface area contributed by atoms with Gasteiger partial charge in [0.2, 0.25) is 0 Å². The van der Waals surface area contributed by atoms with E-state index in [4.69, 9.17) is 0 Å². The predicted molar refractivity (Wildman–Crippen MR) is 28.8 cm³/mol. The SMILES string of the molecule is [Na].[Na].[Na].[Na].[Na]. The van der Waals surface area contributed by atoms with Crippen molar-refractivity contribution >= 4 is 148 Å². The molecule has 0 aromatic carbocycles. The Bertz CT molecular complexity index is 0. The van der Waals surface area contributed by atoms with Crippen LogP contribution in [0.5, 0.6) is 0 Å². The summed E-state index contributed by atoms with van der Waals surface area (Å²) in [6, 6.07) is 0. The average molecular weight is 115 g/mol. The first-order chi connectivity index (χ1) is 0. The Hall–Kier alpha value is 5.00. The zero-order valence-corrected chi connectivity index (χ0v) is 15.0. The van der Waals surface area contributed by atoms with Gasteiger partial charge in [0.05, 0.1) is 0 Å². The minimum absolute atomic E-state index is 0. The van der Waals surface area contributed by atoms with Crippen LogP contribution >= 0.6 is 0 Å². The van der Waals surface area contributed by atoms with Gasteiger partial charge in [0.15, 0.2) is 0 Å². The van der Waals surface area contributed by atoms with Gasteiger partial charge in [-0.25, -0.2) is 0 Å². The summed E-state index contributed by atoms with van der Waals surface area (Å²) in [5.41, 5.74) is 0. The zero-order valence-electron chi connectivity index (χ0n) is 5.00. The molecule has 0 fully saturated rings. The van der Waals surface area contributed by atoms with E-state index in [2.05, 4.69) is 0 Å². The van der Waals surface area contributed by atoms with Crippen LogP contribution in [0.2, 0.25) is 0 Å². The zero-order chi connectivity index (χ0) is 0. The van der Waals surface area contributed by atoms with Crippen LogP contribution in [0.4, 0.5) is 0 Å². The van der Waals surface area contributed by atoms with Crippen LogP contribution in [0.25, 0.3) is 0 Å². The molecule has 5 heavy (non-hydrogen) atoms. The van der Waals surface area contributed by atoms with Crippen LogP contribution in [0, 0.1) is 0 Å². The molecule has 0 N–H and O–H groups in total. The molecule has 0 aromatic rings. The molecule has 0 saturated heterocycles. The summed E-state index contributed by atoms with van der Waals surface area (Å²) in [6.45, 7) is 0. The first-order valence-electron chi connectivity index (χ1n) is 0. The third-order valence-corrected chi connectivity index (χ3v) is 0. The molecule has 0 atom stereocenters. The molecule has 0 aromatic heterocycles. The first kappa shape index (κ1) is 32.4. The van der Waals surface area contributed by atoms with Gasteiger partial charge in [-0.05, 0) is 0 Å². The maximum Gasteiger partial charge on any atom is 0 e. The van der Waals surface area contributed by atoms with Crippen molar-refractivity contribution < 1.29 is 0 Å². The number of rotatable bonds is 0. The minimum atomic E-state index is 0. The van der Waals surface area contributed by atoms with Crippen molar-refractivity contribution in [2.24, 2.45) is 0 Å². The smallest absolute Gasteiger partial charge is 0 e. The van der Waals surface area contributed by atoms with E-state index in [-0.39, 0.29) is 148 Å². The Morgan fingerprint density at radius 2 is 0.200 bits per heavy atom. The molecule has 0 aliphatic carbocycles. The third kappa shape index (κ3) is 17.6. The van der Waals surface area contributed by atoms with E-state index in [1.165, 1.54) is 0 Å². The Balaban J connectivity index is 0. The van der Waals surface area contributed by atoms with Gasteiger partial charge in [0.25, 0.3) is 0 Å². The second kappa shape index (κ2) is 23.0. The summed E-state index contributed by atoms with van der Waals surface area (Å²) >= 11 is 0. The fourth-order valence-electron chi connectivity index (χ4n) is 0. The van der Waals surface area contributed by atoms with E-state index in [1.807, 2.05) is 0 Å². The summed E-state index contributed by atoms with van der Waals surface area (Å²) in [4.78, 5) is 0. The molecule has 5 valence electrons. The molecule has 5 radical (unpaired) electrons. The van der Waals surface area contributed by atoms with Gasteiger partial charge >= 0.3 is 0 Å². The maximum atomic E-state index is 0. The van der Waals surface area contributed by atoms with Crippen LogP contribution in [-0.2, 0) is 0 Å². The third-order valence-electron chi connectivity index (χ3n) is 0. The Labute approximate surface area is 143 Å². The molecule has 0 spiro atoms. The van der Waals surface area contributed by atoms with Gasteiger partial charge in [-0.3, -0.25) is 0 Å². The van der Waals surface area contributed by atoms with Crippen LogP contribution in [0.3, 0.4) is 0 Å². The molecule has 0 amide bonds. The van der Waals surface area contributed by atoms with Crippen molar-refractivity contribution in [2.45, 2.75) is 0 Å². The predicted octanol–water partition coefficient (Wildman–Crippen LogP) is -1.90. The van der Waals surface area contributed by atoms with E-state index in [9.17, 15) is 0 Å². The van der Waals surface area contributed by atoms with Gasteiger partial charge in [0, 0.05) is 148 Å². The van der Waals surface area contributed by atoms with Crippen molar-refractivity contribution in [1.82, 2.24) is 0 Å². The van der Waals surface area contributed by atoms with Crippen LogP contribution in [0.1, 0.15) is 0 Å². The topological polar surface area (TPSA) is 0 Å². The number of hydrogen-bond donors (Lipinski definition) is 0. The Kier molecular flexibility index (Phi) is 149. The van der Waals surface area contributed by atoms with Gasteiger partial charge in [-0.2, -0.15) is 0 Å². The van der Waals surface area contributed by atoms with E-state index in [1.54, 1.807) is 0 Å². The van der Waals surface area contributed by atoms with Gasteiger partial charge < -0.3 is 0 Å². The second-order valence-corrected chi connectivity index (χ2v) is 0. The molecule has 0 nitrogen and oxygen atoms in total. The molecule has 0 aliphatic heterocycles. The van der Waals surface area contributed by atoms with Gasteiger partial charge in [-0.15, -0.1) is 0 Å². The van der Waals surface area contributed by atoms with Crippen molar-refractivity contribution in [2.75, 3.05) is 0 Å². The summed E-state index contributed by atoms with van der Waals surface area (Å²) in [6.07, 6.45) is 0. The molecule has 0 heterocycles. The summed E-state index contributed by atoms with van der Waals surface area (Å²) < 4.78 is 0. The summed E-state index contributed by atoms with van der Waals surface area (Å²) in [5, 5.41) is 0. The molecule has 0 aliphatic rings. The fraction of sp³-hybridized carbons (Fsp3) is 0. The first-order valence-corrected chi connectivity index (χ1v) is 0. The number of hydrogen-bond acceptors (Lipinski definition) is 0. The summed E-state index contributed by atoms with van der Waals surface area (Å²) in [7, 11) is 0. The van der Waals surface area contributed by atoms with E-state index < -0.39 is 0 Å². The second-order valence-electron chi connectivity index (χ2n) is 0.